The highest BCUT2D eigenvalue weighted by Crippen LogP contribution is 2.65. The lowest BCUT2D eigenvalue weighted by molar-refractivity contribution is -0.180. The molecule has 0 aromatic rings. The van der Waals surface area contributed by atoms with Gasteiger partial charge in [-0.25, -0.2) is 24.0 Å². The Morgan fingerprint density at radius 3 is 1.20 bits per heavy atom. The first-order valence-electron chi connectivity index (χ1n) is 40.6. The van der Waals surface area contributed by atoms with Gasteiger partial charge in [-0.05, 0) is 120 Å². The third-order valence-corrected chi connectivity index (χ3v) is 26.1. The zero-order valence-corrected chi connectivity index (χ0v) is 68.5. The van der Waals surface area contributed by atoms with Crippen LogP contribution < -0.4 is 0 Å². The summed E-state index contributed by atoms with van der Waals surface area (Å²) < 4.78 is 88.9. The van der Waals surface area contributed by atoms with Crippen molar-refractivity contribution < 1.29 is 162 Å². The van der Waals surface area contributed by atoms with E-state index < -0.39 is 94.5 Å². The second-order valence-corrected chi connectivity index (χ2v) is 34.6. The largest absolute Gasteiger partial charge is 0.462 e. The van der Waals surface area contributed by atoms with Crippen LogP contribution in [-0.2, 0) is 162 Å². The number of carbonyl (C=O) groups excluding carboxylic acids is 17. The van der Waals surface area contributed by atoms with Gasteiger partial charge >= 0.3 is 101 Å². The fraction of sp³-hybridized carbons (Fsp3) is 0.682. The van der Waals surface area contributed by atoms with Gasteiger partial charge in [0.25, 0.3) is 0 Å². The van der Waals surface area contributed by atoms with E-state index in [1.54, 1.807) is 20.8 Å². The standard InChI is InChI=1S/C19H24O8.C18H22O8.3C16H20O6/c1-10(2)17(22)25-7-6-24-14(20)4-5-15(21)27-19(3)11-8-12-13(9-11)18(23)26-16(12)19;1-9(2)17(21)24-6-5-23-13(19)3-4-14(20)25-15-10-7-11-12(8-10)18(22)26-16(11)15;1-8(2)14(18)20-5-4-11(17)21-13-12-9-6-16(13,3)7-10(9)15(19)22-12;1-8(2)14(18)20-5-4-12(17)22-16(3)9-6-10-11(7-9)15(19)21-13(10)16;1-8(2)14(18)20-5-4-12(17)21-13-9-6-10-11(7-9)16(13,3)22-15(10)19/h11-13,16H,1,4-9H2,2-3H3;10-12,15-16H,1,3-8H2,2H3;9-10,12-13H,1,4-7H2,2-3H3;2*9-11,13H,1,4-7H2,2-3H3. The summed E-state index contributed by atoms with van der Waals surface area (Å²) in [6.07, 6.45) is 4.82. The second-order valence-electron chi connectivity index (χ2n) is 34.6. The van der Waals surface area contributed by atoms with Gasteiger partial charge in [0.1, 0.15) is 106 Å². The van der Waals surface area contributed by atoms with Crippen molar-refractivity contribution in [1.29, 1.82) is 0 Å². The van der Waals surface area contributed by atoms with E-state index in [9.17, 15) is 81.5 Å². The maximum absolute atomic E-state index is 12.2. The van der Waals surface area contributed by atoms with Crippen LogP contribution >= 0.6 is 0 Å². The van der Waals surface area contributed by atoms with E-state index in [0.717, 1.165) is 51.4 Å². The fourth-order valence-corrected chi connectivity index (χ4v) is 20.4. The maximum Gasteiger partial charge on any atom is 0.333 e. The first-order valence-corrected chi connectivity index (χ1v) is 40.6. The molecule has 25 unspecified atom stereocenters. The lowest BCUT2D eigenvalue weighted by Crippen LogP contribution is -2.47. The minimum absolute atomic E-state index is 0.0135. The lowest BCUT2D eigenvalue weighted by Gasteiger charge is -2.36. The Bertz CT molecular complexity index is 4140. The third kappa shape index (κ3) is 19.1. The SMILES string of the molecule is C=C(C)C(=O)OCCC(=O)OC1(C)C2CC3C(=O)OC1C3C2.C=C(C)C(=O)OCCC(=O)OC1C2CC3C(=O)OC1(C)C3C2.C=C(C)C(=O)OCCC(=O)OC1C2OC(=O)C3CC1(C)CC32.C=C(C)C(=O)OCCOC(=O)CCC(=O)OC1(C)C2CC3C(=O)OC1C3C2.C=C(C)C(=O)OCCOC(=O)CCC(=O)OC1C2CC3C(=O)OC1C3C2. The molecule has 25 atom stereocenters. The number of carbonyl (C=O) groups is 17. The normalized spacial score (nSPS) is 35.1. The van der Waals surface area contributed by atoms with Crippen LogP contribution in [0.15, 0.2) is 60.8 Å². The molecular weight excluding hydrogens is 1560 g/mol. The molecule has 15 rings (SSSR count). The summed E-state index contributed by atoms with van der Waals surface area (Å²) >= 11 is 0. The molecule has 0 spiro atoms. The van der Waals surface area contributed by atoms with Gasteiger partial charge in [-0.15, -0.1) is 0 Å². The van der Waals surface area contributed by atoms with Crippen molar-refractivity contribution in [3.8, 4) is 0 Å². The number of fused-ring (bicyclic) bond motifs is 5. The quantitative estimate of drug-likeness (QED) is 0.0315. The smallest absolute Gasteiger partial charge is 0.333 e. The van der Waals surface area contributed by atoms with Crippen molar-refractivity contribution in [2.45, 2.75) is 231 Å². The van der Waals surface area contributed by atoms with E-state index >= 15 is 0 Å². The van der Waals surface area contributed by atoms with E-state index in [1.165, 1.54) is 13.8 Å². The highest BCUT2D eigenvalue weighted by Gasteiger charge is 2.73. The number of rotatable bonds is 31. The summed E-state index contributed by atoms with van der Waals surface area (Å²) in [4.78, 5) is 198. The molecule has 119 heavy (non-hydrogen) atoms. The summed E-state index contributed by atoms with van der Waals surface area (Å²) in [6, 6.07) is 0. The molecule has 5 saturated heterocycles. The van der Waals surface area contributed by atoms with Crippen molar-refractivity contribution >= 4 is 101 Å². The van der Waals surface area contributed by atoms with Crippen LogP contribution in [0.3, 0.4) is 0 Å². The summed E-state index contributed by atoms with van der Waals surface area (Å²) in [5.74, 6) is -5.73. The molecule has 0 aromatic carbocycles. The molecule has 10 saturated carbocycles. The first kappa shape index (κ1) is 89.5. The molecule has 5 heterocycles. The Labute approximate surface area is 687 Å². The van der Waals surface area contributed by atoms with Crippen LogP contribution in [0.2, 0.25) is 0 Å². The molecular formula is C85H106O34. The Morgan fingerprint density at radius 2 is 0.723 bits per heavy atom. The van der Waals surface area contributed by atoms with E-state index in [-0.39, 0.29) is 274 Å². The number of ether oxygens (including phenoxy) is 17. The van der Waals surface area contributed by atoms with Crippen LogP contribution in [0.4, 0.5) is 0 Å². The zero-order valence-electron chi connectivity index (χ0n) is 68.5. The Kier molecular flexibility index (Phi) is 27.3. The highest BCUT2D eigenvalue weighted by atomic mass is 16.6. The number of hydrogen-bond donors (Lipinski definition) is 0. The van der Waals surface area contributed by atoms with E-state index in [0.29, 0.717) is 12.8 Å². The van der Waals surface area contributed by atoms with Crippen molar-refractivity contribution in [3.63, 3.8) is 0 Å². The Balaban J connectivity index is 0.000000146. The molecule has 10 bridgehead atoms. The summed E-state index contributed by atoms with van der Waals surface area (Å²) in [5, 5.41) is 0. The van der Waals surface area contributed by atoms with Gasteiger partial charge in [0.05, 0.1) is 74.5 Å². The minimum Gasteiger partial charge on any atom is -0.462 e. The van der Waals surface area contributed by atoms with Gasteiger partial charge in [-0.3, -0.25) is 57.5 Å². The molecule has 0 amide bonds. The average Bonchev–Trinajstić information content (AvgIpc) is 1.55. The molecule has 15 aliphatic rings. The Hall–Kier alpha value is -10.3. The van der Waals surface area contributed by atoms with Crippen molar-refractivity contribution in [1.82, 2.24) is 0 Å². The molecule has 34 nitrogen and oxygen atoms in total. The first-order chi connectivity index (χ1) is 56.0. The van der Waals surface area contributed by atoms with Crippen molar-refractivity contribution in [3.05, 3.63) is 60.8 Å². The molecule has 15 fully saturated rings. The molecule has 5 aliphatic heterocycles. The van der Waals surface area contributed by atoms with Crippen LogP contribution in [-0.4, -0.2) is 207 Å². The van der Waals surface area contributed by atoms with E-state index in [4.69, 9.17) is 80.5 Å². The van der Waals surface area contributed by atoms with E-state index in [1.807, 2.05) is 27.7 Å². The van der Waals surface area contributed by atoms with Crippen LogP contribution in [0.1, 0.15) is 171 Å². The molecule has 0 radical (unpaired) electrons. The van der Waals surface area contributed by atoms with Gasteiger partial charge in [0, 0.05) is 86.5 Å². The van der Waals surface area contributed by atoms with Crippen LogP contribution in [0, 0.1) is 88.3 Å². The number of hydrogen-bond acceptors (Lipinski definition) is 34. The number of esters is 17. The highest BCUT2D eigenvalue weighted by molar-refractivity contribution is 5.90. The average molecular weight is 1670 g/mol. The van der Waals surface area contributed by atoms with Crippen molar-refractivity contribution in [2.75, 3.05) is 46.2 Å². The lowest BCUT2D eigenvalue weighted by atomic mass is 9.79. The molecule has 10 aliphatic carbocycles. The van der Waals surface area contributed by atoms with Gasteiger partial charge in [0.15, 0.2) is 0 Å². The second kappa shape index (κ2) is 36.3. The van der Waals surface area contributed by atoms with Crippen molar-refractivity contribution in [2.24, 2.45) is 88.3 Å². The molecule has 650 valence electrons. The van der Waals surface area contributed by atoms with E-state index in [2.05, 4.69) is 32.9 Å². The van der Waals surface area contributed by atoms with Gasteiger partial charge < -0.3 is 80.5 Å². The summed E-state index contributed by atoms with van der Waals surface area (Å²) in [5.41, 5.74) is -1.04. The van der Waals surface area contributed by atoms with Crippen LogP contribution in [0.5, 0.6) is 0 Å². The molecule has 0 N–H and O–H groups in total. The third-order valence-electron chi connectivity index (χ3n) is 26.1. The van der Waals surface area contributed by atoms with Gasteiger partial charge in [0.2, 0.25) is 0 Å². The minimum atomic E-state index is -0.814. The predicted octanol–water partition coefficient (Wildman–Crippen LogP) is 6.37. The summed E-state index contributed by atoms with van der Waals surface area (Å²) in [7, 11) is 0. The predicted molar refractivity (Wildman–Crippen MR) is 399 cm³/mol. The van der Waals surface area contributed by atoms with Gasteiger partial charge in [-0.1, -0.05) is 39.8 Å². The zero-order chi connectivity index (χ0) is 86.8. The van der Waals surface area contributed by atoms with Gasteiger partial charge in [-0.2, -0.15) is 0 Å². The fourth-order valence-electron chi connectivity index (χ4n) is 20.4. The molecule has 0 aromatic heterocycles. The monoisotopic (exact) mass is 1670 g/mol. The Morgan fingerprint density at radius 1 is 0.345 bits per heavy atom. The van der Waals surface area contributed by atoms with Crippen LogP contribution in [0.25, 0.3) is 0 Å². The topological polar surface area (TPSA) is 447 Å². The molecule has 34 heteroatoms. The maximum atomic E-state index is 12.2. The summed E-state index contributed by atoms with van der Waals surface area (Å²) in [6.45, 7) is 32.0.